The minimum absolute atomic E-state index is 0.0955. The van der Waals surface area contributed by atoms with Crippen molar-refractivity contribution in [2.24, 2.45) is 11.3 Å². The number of nitrogens with zero attached hydrogens (tertiary/aromatic N) is 2. The van der Waals surface area contributed by atoms with E-state index in [1.54, 1.807) is 24.3 Å². The molecular weight excluding hydrogens is 252 g/mol. The molecule has 1 heterocycles. The summed E-state index contributed by atoms with van der Waals surface area (Å²) in [5.41, 5.74) is 0.836. The summed E-state index contributed by atoms with van der Waals surface area (Å²) in [5.74, 6) is -0.0812. The van der Waals surface area contributed by atoms with E-state index in [-0.39, 0.29) is 30.7 Å². The van der Waals surface area contributed by atoms with E-state index in [0.29, 0.717) is 5.56 Å². The number of benzene rings is 1. The highest BCUT2D eigenvalue weighted by molar-refractivity contribution is 6.05. The molecule has 2 rings (SSSR count). The van der Waals surface area contributed by atoms with Gasteiger partial charge >= 0.3 is 0 Å². The Kier molecular flexibility index (Phi) is 3.63. The maximum Gasteiger partial charge on any atom is 0.236 e. The summed E-state index contributed by atoms with van der Waals surface area (Å²) in [4.78, 5) is 25.9. The van der Waals surface area contributed by atoms with Crippen molar-refractivity contribution in [2.75, 3.05) is 0 Å². The van der Waals surface area contributed by atoms with E-state index in [1.165, 1.54) is 4.90 Å². The Morgan fingerprint density at radius 2 is 1.90 bits per heavy atom. The van der Waals surface area contributed by atoms with Crippen LogP contribution in [0.4, 0.5) is 0 Å². The van der Waals surface area contributed by atoms with Crippen LogP contribution in [0, 0.1) is 22.7 Å². The van der Waals surface area contributed by atoms with Crippen LogP contribution in [0.2, 0.25) is 0 Å². The summed E-state index contributed by atoms with van der Waals surface area (Å²) >= 11 is 0. The number of hydrogen-bond donors (Lipinski definition) is 0. The molecule has 0 saturated carbocycles. The Balaban J connectivity index is 2.19. The lowest BCUT2D eigenvalue weighted by Crippen LogP contribution is -2.36. The van der Waals surface area contributed by atoms with Crippen molar-refractivity contribution in [1.82, 2.24) is 4.90 Å². The number of carbonyl (C=O) groups is 2. The maximum atomic E-state index is 12.5. The lowest BCUT2D eigenvalue weighted by molar-refractivity contribution is -0.142. The summed E-state index contributed by atoms with van der Waals surface area (Å²) in [5, 5.41) is 8.76. The number of amides is 2. The Morgan fingerprint density at radius 1 is 1.30 bits per heavy atom. The Bertz CT molecular complexity index is 583. The topological polar surface area (TPSA) is 61.2 Å². The third-order valence-corrected chi connectivity index (χ3v) is 4.25. The number of hydrogen-bond acceptors (Lipinski definition) is 3. The van der Waals surface area contributed by atoms with Crippen molar-refractivity contribution in [3.05, 3.63) is 35.4 Å². The molecule has 0 aliphatic carbocycles. The van der Waals surface area contributed by atoms with Crippen molar-refractivity contribution in [2.45, 2.75) is 33.7 Å². The number of carbonyl (C=O) groups excluding carboxylic acids is 2. The van der Waals surface area contributed by atoms with Crippen LogP contribution in [0.1, 0.15) is 38.3 Å². The molecule has 0 spiro atoms. The van der Waals surface area contributed by atoms with Crippen LogP contribution >= 0.6 is 0 Å². The Hall–Kier alpha value is -2.15. The van der Waals surface area contributed by atoms with Crippen LogP contribution < -0.4 is 0 Å². The Labute approximate surface area is 119 Å². The van der Waals surface area contributed by atoms with Crippen molar-refractivity contribution in [1.29, 1.82) is 5.26 Å². The van der Waals surface area contributed by atoms with Crippen LogP contribution in [0.5, 0.6) is 0 Å². The second-order valence-electron chi connectivity index (χ2n) is 5.84. The summed E-state index contributed by atoms with van der Waals surface area (Å²) in [6.07, 6.45) is 0.278. The van der Waals surface area contributed by atoms with Crippen LogP contribution in [0.15, 0.2) is 24.3 Å². The Morgan fingerprint density at radius 3 is 2.35 bits per heavy atom. The molecular formula is C16H18N2O2. The molecule has 0 aromatic heterocycles. The largest absolute Gasteiger partial charge is 0.278 e. The van der Waals surface area contributed by atoms with Crippen molar-refractivity contribution in [3.8, 4) is 6.07 Å². The fourth-order valence-corrected chi connectivity index (χ4v) is 2.39. The van der Waals surface area contributed by atoms with Crippen molar-refractivity contribution in [3.63, 3.8) is 0 Å². The van der Waals surface area contributed by atoms with Gasteiger partial charge in [0.25, 0.3) is 0 Å². The second-order valence-corrected chi connectivity index (χ2v) is 5.84. The molecule has 20 heavy (non-hydrogen) atoms. The highest BCUT2D eigenvalue weighted by atomic mass is 16.2. The van der Waals surface area contributed by atoms with Gasteiger partial charge in [-0.15, -0.1) is 0 Å². The summed E-state index contributed by atoms with van der Waals surface area (Å²) < 4.78 is 0. The van der Waals surface area contributed by atoms with Gasteiger partial charge in [0, 0.05) is 6.42 Å². The predicted molar refractivity (Wildman–Crippen MR) is 74.3 cm³/mol. The van der Waals surface area contributed by atoms with Crippen LogP contribution in [0.3, 0.4) is 0 Å². The first kappa shape index (κ1) is 14.3. The van der Waals surface area contributed by atoms with Crippen molar-refractivity contribution >= 4 is 11.8 Å². The van der Waals surface area contributed by atoms with Gasteiger partial charge in [0.05, 0.1) is 23.6 Å². The summed E-state index contributed by atoms with van der Waals surface area (Å²) in [6.45, 7) is 6.08. The lowest BCUT2D eigenvalue weighted by Gasteiger charge is -2.26. The molecule has 1 aliphatic rings. The molecule has 1 unspecified atom stereocenters. The van der Waals surface area contributed by atoms with Gasteiger partial charge in [-0.05, 0) is 30.5 Å². The van der Waals surface area contributed by atoms with Gasteiger partial charge in [0.15, 0.2) is 0 Å². The SMILES string of the molecule is CC(C)C1(C)CC(=O)N(Cc2ccc(C#N)cc2)C1=O. The molecule has 4 heteroatoms. The van der Waals surface area contributed by atoms with Gasteiger partial charge in [0.1, 0.15) is 0 Å². The third kappa shape index (κ3) is 2.32. The fourth-order valence-electron chi connectivity index (χ4n) is 2.39. The van der Waals surface area contributed by atoms with Gasteiger partial charge in [-0.2, -0.15) is 5.26 Å². The van der Waals surface area contributed by atoms with E-state index in [4.69, 9.17) is 5.26 Å². The monoisotopic (exact) mass is 270 g/mol. The van der Waals surface area contributed by atoms with E-state index >= 15 is 0 Å². The zero-order valence-electron chi connectivity index (χ0n) is 12.0. The quantitative estimate of drug-likeness (QED) is 0.793. The average Bonchev–Trinajstić information content (AvgIpc) is 2.64. The van der Waals surface area contributed by atoms with E-state index in [2.05, 4.69) is 0 Å². The lowest BCUT2D eigenvalue weighted by atomic mass is 9.78. The highest BCUT2D eigenvalue weighted by Gasteiger charge is 2.49. The third-order valence-electron chi connectivity index (χ3n) is 4.25. The summed E-state index contributed by atoms with van der Waals surface area (Å²) in [6, 6.07) is 9.00. The van der Waals surface area contributed by atoms with E-state index in [9.17, 15) is 9.59 Å². The number of nitriles is 1. The molecule has 0 radical (unpaired) electrons. The normalized spacial score (nSPS) is 22.4. The van der Waals surface area contributed by atoms with Crippen LogP contribution in [0.25, 0.3) is 0 Å². The van der Waals surface area contributed by atoms with Gasteiger partial charge in [-0.3, -0.25) is 14.5 Å². The van der Waals surface area contributed by atoms with Crippen LogP contribution in [-0.4, -0.2) is 16.7 Å². The van der Waals surface area contributed by atoms with Crippen LogP contribution in [-0.2, 0) is 16.1 Å². The number of rotatable bonds is 3. The molecule has 1 fully saturated rings. The molecule has 0 N–H and O–H groups in total. The minimum Gasteiger partial charge on any atom is -0.278 e. The van der Waals surface area contributed by atoms with Gasteiger partial charge < -0.3 is 0 Å². The standard InChI is InChI=1S/C16H18N2O2/c1-11(2)16(3)8-14(19)18(15(16)20)10-13-6-4-12(9-17)5-7-13/h4-7,11H,8,10H2,1-3H3. The van der Waals surface area contributed by atoms with E-state index in [1.807, 2.05) is 26.8 Å². The molecule has 1 aliphatic heterocycles. The van der Waals surface area contributed by atoms with Gasteiger partial charge in [-0.1, -0.05) is 26.0 Å². The molecule has 104 valence electrons. The zero-order chi connectivity index (χ0) is 14.9. The van der Waals surface area contributed by atoms with Crippen molar-refractivity contribution < 1.29 is 9.59 Å². The molecule has 1 saturated heterocycles. The fraction of sp³-hybridized carbons (Fsp3) is 0.438. The van der Waals surface area contributed by atoms with E-state index in [0.717, 1.165) is 5.56 Å². The molecule has 2 amide bonds. The second kappa shape index (κ2) is 5.09. The average molecular weight is 270 g/mol. The molecule has 1 atom stereocenters. The summed E-state index contributed by atoms with van der Waals surface area (Å²) in [7, 11) is 0. The smallest absolute Gasteiger partial charge is 0.236 e. The first-order valence-corrected chi connectivity index (χ1v) is 6.72. The zero-order valence-corrected chi connectivity index (χ0v) is 12.0. The highest BCUT2D eigenvalue weighted by Crippen LogP contribution is 2.39. The maximum absolute atomic E-state index is 12.5. The number of imide groups is 1. The molecule has 4 nitrogen and oxygen atoms in total. The van der Waals surface area contributed by atoms with Gasteiger partial charge in [0.2, 0.25) is 11.8 Å². The minimum atomic E-state index is -0.594. The predicted octanol–water partition coefficient (Wildman–Crippen LogP) is 2.48. The number of likely N-dealkylation sites (tertiary alicyclic amines) is 1. The molecule has 0 bridgehead atoms. The molecule has 1 aromatic carbocycles. The van der Waals surface area contributed by atoms with E-state index < -0.39 is 5.41 Å². The van der Waals surface area contributed by atoms with Gasteiger partial charge in [-0.25, -0.2) is 0 Å². The molecule has 1 aromatic rings. The first-order valence-electron chi connectivity index (χ1n) is 6.72. The first-order chi connectivity index (χ1) is 9.38.